The number of carbonyl (C=O) groups is 1. The number of carbonyl (C=O) groups excluding carboxylic acids is 1. The summed E-state index contributed by atoms with van der Waals surface area (Å²) in [6, 6.07) is 5.76. The second kappa shape index (κ2) is 7.40. The molecule has 2 aliphatic rings. The fourth-order valence-electron chi connectivity index (χ4n) is 3.75. The van der Waals surface area contributed by atoms with Gasteiger partial charge in [0, 0.05) is 18.0 Å². The van der Waals surface area contributed by atoms with E-state index < -0.39 is 0 Å². The minimum Gasteiger partial charge on any atom is -0.493 e. The molecule has 0 spiro atoms. The highest BCUT2D eigenvalue weighted by molar-refractivity contribution is 7.16. The van der Waals surface area contributed by atoms with Gasteiger partial charge in [-0.2, -0.15) is 0 Å². The molecule has 7 heteroatoms. The lowest BCUT2D eigenvalue weighted by Gasteiger charge is -2.28. The summed E-state index contributed by atoms with van der Waals surface area (Å²) in [7, 11) is 1.63. The number of likely N-dealkylation sites (N-methyl/N-ethyl adjacent to an activating group) is 1. The van der Waals surface area contributed by atoms with Crippen molar-refractivity contribution < 1.29 is 14.3 Å². The number of nitrogens with one attached hydrogen (secondary N) is 2. The number of anilines is 1. The number of thiophene rings is 1. The molecule has 144 valence electrons. The molecule has 1 aromatic carbocycles. The van der Waals surface area contributed by atoms with Crippen molar-refractivity contribution in [3.8, 4) is 11.5 Å². The summed E-state index contributed by atoms with van der Waals surface area (Å²) in [5.41, 5.74) is 2.99. The van der Waals surface area contributed by atoms with Crippen LogP contribution in [0.2, 0.25) is 0 Å². The standard InChI is InChI=1S/C20H25N3O3S/c1-4-23-9-8-13-16(11-23)27-20-17(13)19(24)21-18(22-20)12-6-7-14(25-3)15(10-12)26-5-2/h6-7,10,18,22H,4-5,8-9,11H2,1-3H3,(H,21,24). The summed E-state index contributed by atoms with van der Waals surface area (Å²) in [6.07, 6.45) is 0.656. The Morgan fingerprint density at radius 1 is 1.26 bits per heavy atom. The van der Waals surface area contributed by atoms with Crippen LogP contribution in [0.15, 0.2) is 18.2 Å². The third-order valence-corrected chi connectivity index (χ3v) is 6.33. The van der Waals surface area contributed by atoms with Crippen LogP contribution in [0.4, 0.5) is 5.00 Å². The lowest BCUT2D eigenvalue weighted by molar-refractivity contribution is 0.0934. The number of benzene rings is 1. The number of hydrogen-bond donors (Lipinski definition) is 2. The van der Waals surface area contributed by atoms with Gasteiger partial charge in [-0.15, -0.1) is 11.3 Å². The summed E-state index contributed by atoms with van der Waals surface area (Å²) in [5, 5.41) is 7.59. The summed E-state index contributed by atoms with van der Waals surface area (Å²) < 4.78 is 11.0. The minimum atomic E-state index is -0.280. The van der Waals surface area contributed by atoms with Gasteiger partial charge in [-0.3, -0.25) is 9.69 Å². The van der Waals surface area contributed by atoms with Gasteiger partial charge in [0.2, 0.25) is 0 Å². The van der Waals surface area contributed by atoms with E-state index >= 15 is 0 Å². The topological polar surface area (TPSA) is 62.8 Å². The van der Waals surface area contributed by atoms with Crippen LogP contribution in [0.1, 0.15) is 46.4 Å². The van der Waals surface area contributed by atoms with E-state index in [9.17, 15) is 4.79 Å². The van der Waals surface area contributed by atoms with Crippen molar-refractivity contribution in [2.24, 2.45) is 0 Å². The monoisotopic (exact) mass is 387 g/mol. The molecule has 2 aromatic rings. The van der Waals surface area contributed by atoms with Crippen LogP contribution in [0.3, 0.4) is 0 Å². The Balaban J connectivity index is 1.63. The normalized spacial score (nSPS) is 18.9. The Hall–Kier alpha value is -2.25. The molecule has 2 N–H and O–H groups in total. The molecule has 0 saturated carbocycles. The highest BCUT2D eigenvalue weighted by atomic mass is 32.1. The molecule has 4 rings (SSSR count). The van der Waals surface area contributed by atoms with Crippen molar-refractivity contribution in [2.75, 3.05) is 32.1 Å². The molecule has 6 nitrogen and oxygen atoms in total. The zero-order valence-corrected chi connectivity index (χ0v) is 16.7. The first-order valence-corrected chi connectivity index (χ1v) is 10.2. The van der Waals surface area contributed by atoms with Crippen LogP contribution in [-0.2, 0) is 13.0 Å². The molecule has 27 heavy (non-hydrogen) atoms. The number of amides is 1. The molecular weight excluding hydrogens is 362 g/mol. The van der Waals surface area contributed by atoms with Gasteiger partial charge >= 0.3 is 0 Å². The van der Waals surface area contributed by atoms with E-state index in [1.807, 2.05) is 25.1 Å². The van der Waals surface area contributed by atoms with Gasteiger partial charge in [0.1, 0.15) is 11.2 Å². The van der Waals surface area contributed by atoms with E-state index in [4.69, 9.17) is 9.47 Å². The quantitative estimate of drug-likeness (QED) is 0.823. The molecule has 0 radical (unpaired) electrons. The van der Waals surface area contributed by atoms with Crippen molar-refractivity contribution in [1.82, 2.24) is 10.2 Å². The number of fused-ring (bicyclic) bond motifs is 3. The fraction of sp³-hybridized carbons (Fsp3) is 0.450. The van der Waals surface area contributed by atoms with Gasteiger partial charge in [0.15, 0.2) is 11.5 Å². The number of methoxy groups -OCH3 is 1. The summed E-state index contributed by atoms with van der Waals surface area (Å²) in [5.74, 6) is 1.38. The third kappa shape index (κ3) is 3.26. The number of ether oxygens (including phenoxy) is 2. The van der Waals surface area contributed by atoms with Crippen molar-refractivity contribution in [3.63, 3.8) is 0 Å². The molecule has 2 aliphatic heterocycles. The molecule has 0 saturated heterocycles. The van der Waals surface area contributed by atoms with E-state index in [0.717, 1.165) is 42.2 Å². The molecule has 0 bridgehead atoms. The zero-order valence-electron chi connectivity index (χ0n) is 15.9. The Morgan fingerprint density at radius 3 is 2.85 bits per heavy atom. The molecular formula is C20H25N3O3S. The van der Waals surface area contributed by atoms with E-state index in [1.54, 1.807) is 18.4 Å². The molecule has 0 fully saturated rings. The largest absolute Gasteiger partial charge is 0.493 e. The molecule has 1 aromatic heterocycles. The van der Waals surface area contributed by atoms with Gasteiger partial charge in [-0.25, -0.2) is 0 Å². The first-order chi connectivity index (χ1) is 13.1. The van der Waals surface area contributed by atoms with E-state index in [1.165, 1.54) is 10.4 Å². The molecule has 0 aliphatic carbocycles. The van der Waals surface area contributed by atoms with Crippen LogP contribution in [0, 0.1) is 0 Å². The van der Waals surface area contributed by atoms with Gasteiger partial charge in [0.05, 0.1) is 19.3 Å². The van der Waals surface area contributed by atoms with Crippen LogP contribution in [-0.4, -0.2) is 37.6 Å². The predicted octanol–water partition coefficient (Wildman–Crippen LogP) is 3.39. The lowest BCUT2D eigenvalue weighted by atomic mass is 10.0. The molecule has 3 heterocycles. The maximum atomic E-state index is 12.9. The van der Waals surface area contributed by atoms with E-state index in [0.29, 0.717) is 18.1 Å². The maximum Gasteiger partial charge on any atom is 0.256 e. The van der Waals surface area contributed by atoms with Gasteiger partial charge in [-0.1, -0.05) is 13.0 Å². The maximum absolute atomic E-state index is 12.9. The summed E-state index contributed by atoms with van der Waals surface area (Å²) in [4.78, 5) is 16.6. The Morgan fingerprint density at radius 2 is 2.11 bits per heavy atom. The Kier molecular flexibility index (Phi) is 4.97. The third-order valence-electron chi connectivity index (χ3n) is 5.18. The summed E-state index contributed by atoms with van der Waals surface area (Å²) in [6.45, 7) is 7.66. The highest BCUT2D eigenvalue weighted by Gasteiger charge is 2.33. The lowest BCUT2D eigenvalue weighted by Crippen LogP contribution is -2.38. The number of hydrogen-bond acceptors (Lipinski definition) is 6. The second-order valence-electron chi connectivity index (χ2n) is 6.72. The Bertz CT molecular complexity index is 864. The van der Waals surface area contributed by atoms with Crippen LogP contribution >= 0.6 is 11.3 Å². The van der Waals surface area contributed by atoms with E-state index in [-0.39, 0.29) is 12.1 Å². The van der Waals surface area contributed by atoms with E-state index in [2.05, 4.69) is 22.5 Å². The van der Waals surface area contributed by atoms with Crippen molar-refractivity contribution >= 4 is 22.2 Å². The molecule has 1 amide bonds. The number of rotatable bonds is 5. The SMILES string of the molecule is CCOc1cc(C2NC(=O)c3c(sc4c3CCN(CC)C4)N2)ccc1OC. The van der Waals surface area contributed by atoms with Crippen LogP contribution in [0.5, 0.6) is 11.5 Å². The molecule has 1 unspecified atom stereocenters. The average Bonchev–Trinajstić information content (AvgIpc) is 3.06. The molecule has 1 atom stereocenters. The fourth-order valence-corrected chi connectivity index (χ4v) is 5.06. The smallest absolute Gasteiger partial charge is 0.256 e. The summed E-state index contributed by atoms with van der Waals surface area (Å²) >= 11 is 1.71. The van der Waals surface area contributed by atoms with Crippen molar-refractivity contribution in [3.05, 3.63) is 39.8 Å². The Labute approximate surface area is 163 Å². The first-order valence-electron chi connectivity index (χ1n) is 9.39. The highest BCUT2D eigenvalue weighted by Crippen LogP contribution is 2.41. The zero-order chi connectivity index (χ0) is 19.0. The predicted molar refractivity (Wildman–Crippen MR) is 107 cm³/mol. The minimum absolute atomic E-state index is 0.00461. The van der Waals surface area contributed by atoms with Crippen molar-refractivity contribution in [1.29, 1.82) is 0 Å². The van der Waals surface area contributed by atoms with Gasteiger partial charge in [-0.05, 0) is 43.1 Å². The van der Waals surface area contributed by atoms with Gasteiger partial charge < -0.3 is 20.1 Å². The van der Waals surface area contributed by atoms with Crippen LogP contribution in [0.25, 0.3) is 0 Å². The second-order valence-corrected chi connectivity index (χ2v) is 7.83. The van der Waals surface area contributed by atoms with Crippen molar-refractivity contribution in [2.45, 2.75) is 33.0 Å². The van der Waals surface area contributed by atoms with Gasteiger partial charge in [0.25, 0.3) is 5.91 Å². The number of nitrogens with zero attached hydrogens (tertiary/aromatic N) is 1. The van der Waals surface area contributed by atoms with Crippen LogP contribution < -0.4 is 20.1 Å². The first kappa shape index (κ1) is 18.1. The average molecular weight is 388 g/mol.